The van der Waals surface area contributed by atoms with Gasteiger partial charge in [-0.25, -0.2) is 0 Å². The van der Waals surface area contributed by atoms with Gasteiger partial charge < -0.3 is 5.32 Å². The van der Waals surface area contributed by atoms with Gasteiger partial charge >= 0.3 is 0 Å². The summed E-state index contributed by atoms with van der Waals surface area (Å²) >= 11 is 3.50. The van der Waals surface area contributed by atoms with E-state index in [2.05, 4.69) is 53.3 Å². The minimum Gasteiger partial charge on any atom is -0.383 e. The largest absolute Gasteiger partial charge is 0.383 e. The minimum absolute atomic E-state index is 0.140. The van der Waals surface area contributed by atoms with Crippen LogP contribution in [0.3, 0.4) is 0 Å². The van der Waals surface area contributed by atoms with Crippen LogP contribution in [0.4, 0.5) is 5.69 Å². The standard InChI is InChI=1S/C17H17BrN2/c1-12-8-16(18)9-13(2)17(12)20-11-15(10-19)14-6-4-3-5-7-14/h3-9,15,20H,11H2,1-2H3. The summed E-state index contributed by atoms with van der Waals surface area (Å²) in [5.41, 5.74) is 4.53. The molecular weight excluding hydrogens is 312 g/mol. The number of anilines is 1. The van der Waals surface area contributed by atoms with E-state index in [-0.39, 0.29) is 5.92 Å². The van der Waals surface area contributed by atoms with Crippen molar-refractivity contribution in [3.05, 3.63) is 63.6 Å². The van der Waals surface area contributed by atoms with Crippen molar-refractivity contribution in [1.29, 1.82) is 5.26 Å². The van der Waals surface area contributed by atoms with Gasteiger partial charge in [0.15, 0.2) is 0 Å². The summed E-state index contributed by atoms with van der Waals surface area (Å²) in [7, 11) is 0. The first-order valence-corrected chi connectivity index (χ1v) is 7.36. The maximum atomic E-state index is 9.34. The molecule has 3 heteroatoms. The van der Waals surface area contributed by atoms with Gasteiger partial charge in [0.05, 0.1) is 12.0 Å². The smallest absolute Gasteiger partial charge is 0.0885 e. The molecule has 1 unspecified atom stereocenters. The highest BCUT2D eigenvalue weighted by atomic mass is 79.9. The Morgan fingerprint density at radius 2 is 1.75 bits per heavy atom. The Morgan fingerprint density at radius 1 is 1.15 bits per heavy atom. The fraction of sp³-hybridized carbons (Fsp3) is 0.235. The molecule has 20 heavy (non-hydrogen) atoms. The van der Waals surface area contributed by atoms with Crippen LogP contribution in [0.25, 0.3) is 0 Å². The predicted octanol–water partition coefficient (Wildman–Crippen LogP) is 4.79. The maximum absolute atomic E-state index is 9.34. The number of benzene rings is 2. The van der Waals surface area contributed by atoms with Gasteiger partial charge in [0.2, 0.25) is 0 Å². The second-order valence-electron chi connectivity index (χ2n) is 4.89. The summed E-state index contributed by atoms with van der Waals surface area (Å²) < 4.78 is 1.08. The molecule has 0 saturated carbocycles. The van der Waals surface area contributed by atoms with Crippen LogP contribution in [-0.2, 0) is 0 Å². The van der Waals surface area contributed by atoms with Gasteiger partial charge in [-0.05, 0) is 42.7 Å². The molecule has 102 valence electrons. The van der Waals surface area contributed by atoms with Crippen molar-refractivity contribution in [3.63, 3.8) is 0 Å². The third kappa shape index (κ3) is 3.40. The molecule has 0 aliphatic carbocycles. The van der Waals surface area contributed by atoms with Crippen LogP contribution in [0.15, 0.2) is 46.9 Å². The molecule has 0 heterocycles. The third-order valence-electron chi connectivity index (χ3n) is 3.34. The molecule has 0 aromatic heterocycles. The van der Waals surface area contributed by atoms with Gasteiger partial charge in [0.1, 0.15) is 0 Å². The number of nitriles is 1. The summed E-state index contributed by atoms with van der Waals surface area (Å²) in [4.78, 5) is 0. The molecule has 1 atom stereocenters. The van der Waals surface area contributed by atoms with Gasteiger partial charge in [-0.1, -0.05) is 46.3 Å². The highest BCUT2D eigenvalue weighted by Gasteiger charge is 2.11. The Hall–Kier alpha value is -1.79. The monoisotopic (exact) mass is 328 g/mol. The number of aryl methyl sites for hydroxylation is 2. The summed E-state index contributed by atoms with van der Waals surface area (Å²) in [6, 6.07) is 16.4. The van der Waals surface area contributed by atoms with E-state index in [0.717, 1.165) is 15.7 Å². The number of hydrogen-bond donors (Lipinski definition) is 1. The van der Waals surface area contributed by atoms with E-state index in [4.69, 9.17) is 0 Å². The van der Waals surface area contributed by atoms with E-state index < -0.39 is 0 Å². The molecule has 0 bridgehead atoms. The fourth-order valence-electron chi connectivity index (χ4n) is 2.32. The predicted molar refractivity (Wildman–Crippen MR) is 86.9 cm³/mol. The van der Waals surface area contributed by atoms with E-state index in [9.17, 15) is 5.26 Å². The van der Waals surface area contributed by atoms with E-state index in [0.29, 0.717) is 6.54 Å². The molecule has 1 N–H and O–H groups in total. The van der Waals surface area contributed by atoms with Crippen molar-refractivity contribution in [1.82, 2.24) is 0 Å². The number of rotatable bonds is 4. The third-order valence-corrected chi connectivity index (χ3v) is 3.80. The second kappa shape index (κ2) is 6.58. The first kappa shape index (κ1) is 14.6. The highest BCUT2D eigenvalue weighted by molar-refractivity contribution is 9.10. The van der Waals surface area contributed by atoms with Crippen molar-refractivity contribution in [2.75, 3.05) is 11.9 Å². The van der Waals surface area contributed by atoms with Crippen LogP contribution >= 0.6 is 15.9 Å². The molecular formula is C17H17BrN2. The van der Waals surface area contributed by atoms with Crippen molar-refractivity contribution < 1.29 is 0 Å². The summed E-state index contributed by atoms with van der Waals surface area (Å²) in [6.07, 6.45) is 0. The van der Waals surface area contributed by atoms with Crippen molar-refractivity contribution in [3.8, 4) is 6.07 Å². The number of halogens is 1. The zero-order chi connectivity index (χ0) is 14.5. The van der Waals surface area contributed by atoms with Gasteiger partial charge in [0, 0.05) is 16.7 Å². The zero-order valence-corrected chi connectivity index (χ0v) is 13.2. The Bertz CT molecular complexity index is 606. The average Bonchev–Trinajstić information content (AvgIpc) is 2.43. The van der Waals surface area contributed by atoms with Crippen molar-refractivity contribution in [2.45, 2.75) is 19.8 Å². The van der Waals surface area contributed by atoms with Gasteiger partial charge in [-0.15, -0.1) is 0 Å². The highest BCUT2D eigenvalue weighted by Crippen LogP contribution is 2.26. The number of nitrogens with zero attached hydrogens (tertiary/aromatic N) is 1. The summed E-state index contributed by atoms with van der Waals surface area (Å²) in [6.45, 7) is 4.76. The Kier molecular flexibility index (Phi) is 4.81. The summed E-state index contributed by atoms with van der Waals surface area (Å²) in [5, 5.41) is 12.8. The van der Waals surface area contributed by atoms with Crippen LogP contribution in [0.5, 0.6) is 0 Å². The molecule has 0 fully saturated rings. The fourth-order valence-corrected chi connectivity index (χ4v) is 3.00. The lowest BCUT2D eigenvalue weighted by molar-refractivity contribution is 0.898. The molecule has 0 aliphatic rings. The zero-order valence-electron chi connectivity index (χ0n) is 11.7. The molecule has 0 radical (unpaired) electrons. The molecule has 2 nitrogen and oxygen atoms in total. The van der Waals surface area contributed by atoms with Crippen LogP contribution in [0.1, 0.15) is 22.6 Å². The van der Waals surface area contributed by atoms with E-state index in [1.807, 2.05) is 30.3 Å². The summed E-state index contributed by atoms with van der Waals surface area (Å²) in [5.74, 6) is -0.140. The van der Waals surface area contributed by atoms with Gasteiger partial charge in [-0.2, -0.15) is 5.26 Å². The number of nitrogens with one attached hydrogen (secondary N) is 1. The van der Waals surface area contributed by atoms with Crippen LogP contribution in [-0.4, -0.2) is 6.54 Å². The lowest BCUT2D eigenvalue weighted by Crippen LogP contribution is -2.12. The second-order valence-corrected chi connectivity index (χ2v) is 5.80. The normalized spacial score (nSPS) is 11.7. The lowest BCUT2D eigenvalue weighted by atomic mass is 10.00. The minimum atomic E-state index is -0.140. The van der Waals surface area contributed by atoms with Crippen LogP contribution < -0.4 is 5.32 Å². The average molecular weight is 329 g/mol. The van der Waals surface area contributed by atoms with E-state index in [1.165, 1.54) is 11.1 Å². The molecule has 2 aromatic carbocycles. The van der Waals surface area contributed by atoms with Gasteiger partial charge in [-0.3, -0.25) is 0 Å². The molecule has 0 aliphatic heterocycles. The lowest BCUT2D eigenvalue weighted by Gasteiger charge is -2.16. The van der Waals surface area contributed by atoms with Crippen molar-refractivity contribution in [2.24, 2.45) is 0 Å². The first-order valence-electron chi connectivity index (χ1n) is 6.57. The van der Waals surface area contributed by atoms with Crippen LogP contribution in [0.2, 0.25) is 0 Å². The maximum Gasteiger partial charge on any atom is 0.0885 e. The number of hydrogen-bond acceptors (Lipinski definition) is 2. The van der Waals surface area contributed by atoms with Gasteiger partial charge in [0.25, 0.3) is 0 Å². The molecule has 0 amide bonds. The quantitative estimate of drug-likeness (QED) is 0.876. The molecule has 0 spiro atoms. The molecule has 0 saturated heterocycles. The Balaban J connectivity index is 2.14. The van der Waals surface area contributed by atoms with Crippen molar-refractivity contribution >= 4 is 21.6 Å². The Morgan fingerprint density at radius 3 is 2.30 bits per heavy atom. The Labute approximate surface area is 128 Å². The molecule has 2 rings (SSSR count). The van der Waals surface area contributed by atoms with E-state index in [1.54, 1.807) is 0 Å². The van der Waals surface area contributed by atoms with E-state index >= 15 is 0 Å². The molecule has 2 aromatic rings. The topological polar surface area (TPSA) is 35.8 Å². The van der Waals surface area contributed by atoms with Crippen LogP contribution in [0, 0.1) is 25.2 Å². The first-order chi connectivity index (χ1) is 9.61. The SMILES string of the molecule is Cc1cc(Br)cc(C)c1NCC(C#N)c1ccccc1.